The van der Waals surface area contributed by atoms with Gasteiger partial charge < -0.3 is 20.1 Å². The van der Waals surface area contributed by atoms with E-state index in [1.165, 1.54) is 11.3 Å². The molecule has 1 aliphatic carbocycles. The Morgan fingerprint density at radius 1 is 0.974 bits per heavy atom. The Morgan fingerprint density at radius 2 is 1.67 bits per heavy atom. The highest BCUT2D eigenvalue weighted by Crippen LogP contribution is 2.40. The van der Waals surface area contributed by atoms with E-state index in [-0.39, 0.29) is 25.0 Å². The normalized spacial score (nSPS) is 14.3. The van der Waals surface area contributed by atoms with Crippen molar-refractivity contribution >= 4 is 39.8 Å². The second-order valence-corrected chi connectivity index (χ2v) is 10.9. The minimum absolute atomic E-state index is 0.197. The van der Waals surface area contributed by atoms with Gasteiger partial charge in [0.15, 0.2) is 6.61 Å². The van der Waals surface area contributed by atoms with Crippen molar-refractivity contribution in [3.05, 3.63) is 75.2 Å². The molecule has 2 amide bonds. The maximum absolute atomic E-state index is 12.9. The first-order chi connectivity index (χ1) is 18.8. The van der Waals surface area contributed by atoms with E-state index in [0.717, 1.165) is 59.4 Å². The van der Waals surface area contributed by atoms with Crippen LogP contribution in [0, 0.1) is 5.92 Å². The number of ether oxygens (including phenoxy) is 2. The predicted molar refractivity (Wildman–Crippen MR) is 155 cm³/mol. The lowest BCUT2D eigenvalue weighted by Crippen LogP contribution is -2.21. The number of esters is 1. The summed E-state index contributed by atoms with van der Waals surface area (Å²) < 4.78 is 11.0. The molecular weight excluding hydrogens is 512 g/mol. The number of para-hydroxylation sites is 1. The number of rotatable bonds is 10. The van der Waals surface area contributed by atoms with Gasteiger partial charge in [0.1, 0.15) is 10.8 Å². The molecule has 8 heteroatoms. The highest BCUT2D eigenvalue weighted by Gasteiger charge is 2.29. The second-order valence-electron chi connectivity index (χ2n) is 9.75. The molecule has 206 valence electrons. The van der Waals surface area contributed by atoms with Crippen LogP contribution in [0.3, 0.4) is 0 Å². The van der Waals surface area contributed by atoms with Crippen molar-refractivity contribution in [2.45, 2.75) is 59.8 Å². The molecule has 0 saturated heterocycles. The summed E-state index contributed by atoms with van der Waals surface area (Å²) in [7, 11) is 0. The van der Waals surface area contributed by atoms with Crippen molar-refractivity contribution in [3.8, 4) is 5.75 Å². The number of nitrogens with one attached hydrogen (secondary N) is 2. The van der Waals surface area contributed by atoms with Crippen LogP contribution in [0.2, 0.25) is 0 Å². The number of amides is 2. The van der Waals surface area contributed by atoms with Crippen LogP contribution in [0.4, 0.5) is 10.7 Å². The quantitative estimate of drug-likeness (QED) is 0.284. The third-order valence-corrected chi connectivity index (χ3v) is 8.14. The first-order valence-electron chi connectivity index (χ1n) is 13.6. The number of fused-ring (bicyclic) bond motifs is 1. The monoisotopic (exact) mass is 548 g/mol. The highest BCUT2D eigenvalue weighted by atomic mass is 32.1. The fourth-order valence-electron chi connectivity index (χ4n) is 4.86. The number of aryl methyl sites for hydroxylation is 2. The number of benzene rings is 2. The van der Waals surface area contributed by atoms with E-state index in [9.17, 15) is 14.4 Å². The third-order valence-electron chi connectivity index (χ3n) is 6.97. The van der Waals surface area contributed by atoms with Crippen LogP contribution < -0.4 is 15.4 Å². The predicted octanol–water partition coefficient (Wildman–Crippen LogP) is 6.44. The van der Waals surface area contributed by atoms with E-state index in [4.69, 9.17) is 9.47 Å². The van der Waals surface area contributed by atoms with Crippen molar-refractivity contribution in [3.63, 3.8) is 0 Å². The number of carbonyl (C=O) groups excluding carboxylic acids is 3. The zero-order valence-electron chi connectivity index (χ0n) is 23.0. The summed E-state index contributed by atoms with van der Waals surface area (Å²) in [4.78, 5) is 39.5. The van der Waals surface area contributed by atoms with Gasteiger partial charge in [0.25, 0.3) is 11.8 Å². The first-order valence-corrected chi connectivity index (χ1v) is 14.4. The molecule has 1 heterocycles. The number of hydrogen-bond donors (Lipinski definition) is 2. The van der Waals surface area contributed by atoms with Gasteiger partial charge in [0.05, 0.1) is 12.2 Å². The van der Waals surface area contributed by atoms with Crippen LogP contribution in [0.5, 0.6) is 5.75 Å². The van der Waals surface area contributed by atoms with Crippen molar-refractivity contribution < 1.29 is 23.9 Å². The van der Waals surface area contributed by atoms with Gasteiger partial charge in [0.2, 0.25) is 0 Å². The number of carbonyl (C=O) groups is 3. The van der Waals surface area contributed by atoms with Gasteiger partial charge >= 0.3 is 5.97 Å². The lowest BCUT2D eigenvalue weighted by Gasteiger charge is -2.18. The Kier molecular flexibility index (Phi) is 9.41. The molecule has 0 bridgehead atoms. The fraction of sp³-hybridized carbons (Fsp3) is 0.387. The van der Waals surface area contributed by atoms with Crippen molar-refractivity contribution in [1.29, 1.82) is 0 Å². The summed E-state index contributed by atoms with van der Waals surface area (Å²) in [6.07, 6.45) is 4.35. The van der Waals surface area contributed by atoms with Crippen LogP contribution in [-0.2, 0) is 35.2 Å². The summed E-state index contributed by atoms with van der Waals surface area (Å²) in [5, 5.41) is 6.44. The maximum atomic E-state index is 12.9. The topological polar surface area (TPSA) is 93.7 Å². The second kappa shape index (κ2) is 12.9. The molecule has 0 radical (unpaired) electrons. The SMILES string of the molecule is CCOC(=O)c1c(NC(=O)COc2ccc(C(=O)Nc3c(CC)cccc3CC)cc2)sc2c1CCC(C)C2. The van der Waals surface area contributed by atoms with Gasteiger partial charge in [-0.25, -0.2) is 4.79 Å². The zero-order valence-corrected chi connectivity index (χ0v) is 23.8. The zero-order chi connectivity index (χ0) is 27.9. The molecule has 4 rings (SSSR count). The van der Waals surface area contributed by atoms with Gasteiger partial charge in [-0.2, -0.15) is 0 Å². The Labute approximate surface area is 233 Å². The van der Waals surface area contributed by atoms with E-state index >= 15 is 0 Å². The van der Waals surface area contributed by atoms with Gasteiger partial charge in [-0.3, -0.25) is 9.59 Å². The average Bonchev–Trinajstić information content (AvgIpc) is 3.29. The molecule has 1 aliphatic rings. The maximum Gasteiger partial charge on any atom is 0.341 e. The minimum Gasteiger partial charge on any atom is -0.484 e. The van der Waals surface area contributed by atoms with E-state index in [1.807, 2.05) is 18.2 Å². The van der Waals surface area contributed by atoms with Crippen molar-refractivity contribution in [2.24, 2.45) is 5.92 Å². The molecule has 0 spiro atoms. The Balaban J connectivity index is 1.39. The molecular formula is C31H36N2O5S. The Morgan fingerprint density at radius 3 is 2.31 bits per heavy atom. The first kappa shape index (κ1) is 28.4. The van der Waals surface area contributed by atoms with Gasteiger partial charge in [-0.05, 0) is 85.9 Å². The molecule has 1 unspecified atom stereocenters. The average molecular weight is 549 g/mol. The Bertz CT molecular complexity index is 1320. The fourth-order valence-corrected chi connectivity index (χ4v) is 6.28. The van der Waals surface area contributed by atoms with Crippen LogP contribution in [-0.4, -0.2) is 31.0 Å². The van der Waals surface area contributed by atoms with Crippen molar-refractivity contribution in [1.82, 2.24) is 0 Å². The molecule has 1 aromatic heterocycles. The summed E-state index contributed by atoms with van der Waals surface area (Å²) >= 11 is 1.45. The summed E-state index contributed by atoms with van der Waals surface area (Å²) in [5.74, 6) is 0.0462. The molecule has 2 aromatic carbocycles. The van der Waals surface area contributed by atoms with Gasteiger partial charge in [-0.15, -0.1) is 11.3 Å². The lowest BCUT2D eigenvalue weighted by molar-refractivity contribution is -0.118. The molecule has 0 saturated carbocycles. The third kappa shape index (κ3) is 6.68. The molecule has 3 aromatic rings. The van der Waals surface area contributed by atoms with Crippen LogP contribution in [0.15, 0.2) is 42.5 Å². The molecule has 1 atom stereocenters. The van der Waals surface area contributed by atoms with E-state index in [2.05, 4.69) is 31.4 Å². The molecule has 7 nitrogen and oxygen atoms in total. The van der Waals surface area contributed by atoms with Gasteiger partial charge in [-0.1, -0.05) is 39.0 Å². The molecule has 0 fully saturated rings. The molecule has 39 heavy (non-hydrogen) atoms. The molecule has 2 N–H and O–H groups in total. The smallest absolute Gasteiger partial charge is 0.341 e. The summed E-state index contributed by atoms with van der Waals surface area (Å²) in [6, 6.07) is 12.8. The number of anilines is 2. The Hall–Kier alpha value is -3.65. The van der Waals surface area contributed by atoms with Crippen molar-refractivity contribution in [2.75, 3.05) is 23.8 Å². The lowest BCUT2D eigenvalue weighted by atomic mass is 9.88. The minimum atomic E-state index is -0.401. The van der Waals surface area contributed by atoms with E-state index < -0.39 is 5.97 Å². The highest BCUT2D eigenvalue weighted by molar-refractivity contribution is 7.17. The standard InChI is InChI=1S/C31H36N2O5S/c1-5-20-9-8-10-21(6-2)28(20)33-29(35)22-12-14-23(15-13-22)38-18-26(34)32-30-27(31(36)37-7-3)24-16-11-19(4)17-25(24)39-30/h8-10,12-15,19H,5-7,11,16-18H2,1-4H3,(H,32,34)(H,33,35). The number of hydrogen-bond acceptors (Lipinski definition) is 6. The van der Waals surface area contributed by atoms with E-state index in [0.29, 0.717) is 27.8 Å². The van der Waals surface area contributed by atoms with Crippen LogP contribution in [0.25, 0.3) is 0 Å². The number of thiophene rings is 1. The largest absolute Gasteiger partial charge is 0.484 e. The van der Waals surface area contributed by atoms with Crippen LogP contribution in [0.1, 0.15) is 76.4 Å². The van der Waals surface area contributed by atoms with Crippen LogP contribution >= 0.6 is 11.3 Å². The molecule has 0 aliphatic heterocycles. The van der Waals surface area contributed by atoms with Gasteiger partial charge in [0, 0.05) is 16.1 Å². The van der Waals surface area contributed by atoms with E-state index in [1.54, 1.807) is 31.2 Å². The summed E-state index contributed by atoms with van der Waals surface area (Å²) in [5.41, 5.74) is 5.04. The summed E-state index contributed by atoms with van der Waals surface area (Å²) in [6.45, 7) is 8.15.